The molecule has 6 N–H and O–H groups in total. The zero-order valence-corrected chi connectivity index (χ0v) is 11.9. The standard InChI is InChI=1S/C11H21N3O2.C2H4O2/c12-7-10(15)14-9(11(13)16)6-8-4-2-1-3-5-8;1-2(3)4/h8-9H,1-7,12H2,(H2,13,16)(H,14,15);1H3,(H,3,4). The molecule has 0 heterocycles. The highest BCUT2D eigenvalue weighted by Gasteiger charge is 2.23. The molecule has 0 aliphatic heterocycles. The van der Waals surface area contributed by atoms with Gasteiger partial charge in [0.25, 0.3) is 5.97 Å². The van der Waals surface area contributed by atoms with E-state index in [1.807, 2.05) is 0 Å². The molecule has 7 nitrogen and oxygen atoms in total. The third kappa shape index (κ3) is 9.32. The maximum absolute atomic E-state index is 11.2. The molecule has 1 rings (SSSR count). The second kappa shape index (κ2) is 10.2. The van der Waals surface area contributed by atoms with Crippen LogP contribution in [0.1, 0.15) is 45.4 Å². The fourth-order valence-corrected chi connectivity index (χ4v) is 2.26. The number of amides is 2. The number of rotatable bonds is 5. The number of carbonyl (C=O) groups is 3. The van der Waals surface area contributed by atoms with Crippen molar-refractivity contribution in [3.8, 4) is 0 Å². The minimum Gasteiger partial charge on any atom is -0.481 e. The maximum Gasteiger partial charge on any atom is 0.300 e. The molecule has 20 heavy (non-hydrogen) atoms. The lowest BCUT2D eigenvalue weighted by molar-refractivity contribution is -0.134. The average molecular weight is 287 g/mol. The van der Waals surface area contributed by atoms with Crippen molar-refractivity contribution in [3.63, 3.8) is 0 Å². The van der Waals surface area contributed by atoms with Crippen LogP contribution in [0.3, 0.4) is 0 Å². The quantitative estimate of drug-likeness (QED) is 0.563. The van der Waals surface area contributed by atoms with E-state index in [4.69, 9.17) is 21.4 Å². The van der Waals surface area contributed by atoms with Gasteiger partial charge in [-0.2, -0.15) is 0 Å². The molecule has 0 radical (unpaired) electrons. The van der Waals surface area contributed by atoms with Crippen molar-refractivity contribution >= 4 is 17.8 Å². The molecule has 0 spiro atoms. The topological polar surface area (TPSA) is 136 Å². The number of carboxylic acid groups (broad SMARTS) is 1. The molecule has 1 fully saturated rings. The Morgan fingerprint density at radius 3 is 2.15 bits per heavy atom. The van der Waals surface area contributed by atoms with Gasteiger partial charge in [-0.05, 0) is 12.3 Å². The fraction of sp³-hybridized carbons (Fsp3) is 0.769. The lowest BCUT2D eigenvalue weighted by atomic mass is 9.84. The molecule has 7 heteroatoms. The molecule has 1 unspecified atom stereocenters. The third-order valence-corrected chi connectivity index (χ3v) is 3.16. The van der Waals surface area contributed by atoms with Gasteiger partial charge in [-0.3, -0.25) is 14.4 Å². The summed E-state index contributed by atoms with van der Waals surface area (Å²) in [5.41, 5.74) is 10.5. The first-order chi connectivity index (χ1) is 9.36. The minimum atomic E-state index is -0.833. The summed E-state index contributed by atoms with van der Waals surface area (Å²) < 4.78 is 0. The van der Waals surface area contributed by atoms with E-state index in [0.717, 1.165) is 19.8 Å². The zero-order chi connectivity index (χ0) is 15.5. The van der Waals surface area contributed by atoms with Crippen LogP contribution in [0.15, 0.2) is 0 Å². The van der Waals surface area contributed by atoms with Gasteiger partial charge in [0.2, 0.25) is 11.8 Å². The molecule has 1 saturated carbocycles. The Kier molecular flexibility index (Phi) is 9.36. The van der Waals surface area contributed by atoms with Gasteiger partial charge < -0.3 is 21.9 Å². The van der Waals surface area contributed by atoms with Crippen LogP contribution in [0.5, 0.6) is 0 Å². The Morgan fingerprint density at radius 2 is 1.75 bits per heavy atom. The molecule has 1 aliphatic rings. The number of primary amides is 1. The van der Waals surface area contributed by atoms with E-state index in [0.29, 0.717) is 12.3 Å². The van der Waals surface area contributed by atoms with Crippen molar-refractivity contribution in [1.29, 1.82) is 0 Å². The summed E-state index contributed by atoms with van der Waals surface area (Å²) in [6.07, 6.45) is 6.60. The summed E-state index contributed by atoms with van der Waals surface area (Å²) in [6.45, 7) is 0.981. The predicted octanol–water partition coefficient (Wildman–Crippen LogP) is -0.0235. The van der Waals surface area contributed by atoms with Crippen molar-refractivity contribution in [2.75, 3.05) is 6.54 Å². The predicted molar refractivity (Wildman–Crippen MR) is 74.7 cm³/mol. The second-order valence-electron chi connectivity index (χ2n) is 4.99. The summed E-state index contributed by atoms with van der Waals surface area (Å²) in [6, 6.07) is -0.556. The number of nitrogens with two attached hydrogens (primary N) is 2. The Labute approximate surface area is 119 Å². The van der Waals surface area contributed by atoms with Crippen LogP contribution in [0.2, 0.25) is 0 Å². The highest BCUT2D eigenvalue weighted by Crippen LogP contribution is 2.27. The third-order valence-electron chi connectivity index (χ3n) is 3.16. The molecule has 2 amide bonds. The van der Waals surface area contributed by atoms with E-state index in [9.17, 15) is 9.59 Å². The van der Waals surface area contributed by atoms with Gasteiger partial charge in [-0.15, -0.1) is 0 Å². The number of nitrogens with one attached hydrogen (secondary N) is 1. The highest BCUT2D eigenvalue weighted by molar-refractivity contribution is 5.87. The van der Waals surface area contributed by atoms with Gasteiger partial charge in [0.1, 0.15) is 6.04 Å². The van der Waals surface area contributed by atoms with E-state index in [-0.39, 0.29) is 12.5 Å². The molecule has 0 saturated heterocycles. The summed E-state index contributed by atoms with van der Waals surface area (Å²) >= 11 is 0. The Morgan fingerprint density at radius 1 is 1.25 bits per heavy atom. The van der Waals surface area contributed by atoms with Crippen molar-refractivity contribution in [2.45, 2.75) is 51.5 Å². The van der Waals surface area contributed by atoms with Gasteiger partial charge in [0, 0.05) is 6.92 Å². The number of hydrogen-bond acceptors (Lipinski definition) is 4. The summed E-state index contributed by atoms with van der Waals surface area (Å²) in [7, 11) is 0. The first kappa shape index (κ1) is 18.4. The highest BCUT2D eigenvalue weighted by atomic mass is 16.4. The smallest absolute Gasteiger partial charge is 0.300 e. The molecule has 0 bridgehead atoms. The lowest BCUT2D eigenvalue weighted by Crippen LogP contribution is -2.47. The van der Waals surface area contributed by atoms with E-state index < -0.39 is 17.9 Å². The first-order valence-electron chi connectivity index (χ1n) is 6.85. The van der Waals surface area contributed by atoms with Crippen LogP contribution in [0, 0.1) is 5.92 Å². The minimum absolute atomic E-state index is 0.103. The largest absolute Gasteiger partial charge is 0.481 e. The number of carboxylic acids is 1. The van der Waals surface area contributed by atoms with Crippen LogP contribution in [-0.4, -0.2) is 35.5 Å². The van der Waals surface area contributed by atoms with Crippen LogP contribution >= 0.6 is 0 Å². The van der Waals surface area contributed by atoms with Crippen LogP contribution in [0.25, 0.3) is 0 Å². The summed E-state index contributed by atoms with van der Waals surface area (Å²) in [5.74, 6) is -1.11. The number of aliphatic carboxylic acids is 1. The Bertz CT molecular complexity index is 324. The van der Waals surface area contributed by atoms with Crippen molar-refractivity contribution in [1.82, 2.24) is 5.32 Å². The second-order valence-corrected chi connectivity index (χ2v) is 4.99. The molecule has 0 aromatic heterocycles. The molecule has 0 aromatic carbocycles. The van der Waals surface area contributed by atoms with E-state index in [1.54, 1.807) is 0 Å². The first-order valence-corrected chi connectivity index (χ1v) is 6.85. The molecule has 1 atom stereocenters. The maximum atomic E-state index is 11.2. The van der Waals surface area contributed by atoms with E-state index >= 15 is 0 Å². The molecule has 116 valence electrons. The van der Waals surface area contributed by atoms with E-state index in [2.05, 4.69) is 5.32 Å². The SMILES string of the molecule is CC(=O)O.NCC(=O)NC(CC1CCCCC1)C(N)=O. The van der Waals surface area contributed by atoms with Crippen LogP contribution in [-0.2, 0) is 14.4 Å². The lowest BCUT2D eigenvalue weighted by Gasteiger charge is -2.25. The Hall–Kier alpha value is -1.63. The average Bonchev–Trinajstić information content (AvgIpc) is 2.38. The monoisotopic (exact) mass is 287 g/mol. The van der Waals surface area contributed by atoms with Gasteiger partial charge in [0.15, 0.2) is 0 Å². The van der Waals surface area contributed by atoms with Gasteiger partial charge in [-0.25, -0.2) is 0 Å². The Balaban J connectivity index is 0.000000796. The summed E-state index contributed by atoms with van der Waals surface area (Å²) in [4.78, 5) is 31.3. The van der Waals surface area contributed by atoms with Crippen LogP contribution in [0.4, 0.5) is 0 Å². The molecule has 1 aliphatic carbocycles. The molecule has 0 aromatic rings. The summed E-state index contributed by atoms with van der Waals surface area (Å²) in [5, 5.41) is 9.99. The normalized spacial score (nSPS) is 16.5. The van der Waals surface area contributed by atoms with Gasteiger partial charge in [-0.1, -0.05) is 32.1 Å². The van der Waals surface area contributed by atoms with Crippen molar-refractivity contribution in [2.24, 2.45) is 17.4 Å². The zero-order valence-electron chi connectivity index (χ0n) is 11.9. The molecular formula is C13H25N3O4. The van der Waals surface area contributed by atoms with Gasteiger partial charge in [0.05, 0.1) is 6.54 Å². The number of hydrogen-bond donors (Lipinski definition) is 4. The molecular weight excluding hydrogens is 262 g/mol. The van der Waals surface area contributed by atoms with Crippen LogP contribution < -0.4 is 16.8 Å². The van der Waals surface area contributed by atoms with E-state index in [1.165, 1.54) is 19.3 Å². The van der Waals surface area contributed by atoms with Gasteiger partial charge >= 0.3 is 0 Å². The number of carbonyl (C=O) groups excluding carboxylic acids is 2. The van der Waals surface area contributed by atoms with Crippen molar-refractivity contribution in [3.05, 3.63) is 0 Å². The van der Waals surface area contributed by atoms with Crippen molar-refractivity contribution < 1.29 is 19.5 Å². The fourth-order valence-electron chi connectivity index (χ4n) is 2.26.